The van der Waals surface area contributed by atoms with Crippen LogP contribution in [0, 0.1) is 0 Å². The third-order valence-electron chi connectivity index (χ3n) is 0.830. The van der Waals surface area contributed by atoms with Gasteiger partial charge in [-0.2, -0.15) is 0 Å². The first-order valence-corrected chi connectivity index (χ1v) is 3.88. The Morgan fingerprint density at radius 3 is 2.18 bits per heavy atom. The maximum absolute atomic E-state index is 10.4. The Morgan fingerprint density at radius 2 is 2.09 bits per heavy atom. The highest BCUT2D eigenvalue weighted by molar-refractivity contribution is 6.68. The molecule has 0 N–H and O–H groups in total. The topological polar surface area (TPSA) is 26.3 Å². The molecule has 0 aliphatic rings. The lowest BCUT2D eigenvalue weighted by molar-refractivity contribution is -0.143. The molecule has 0 aliphatic carbocycles. The molecule has 0 amide bonds. The molecule has 0 fully saturated rings. The molecule has 2 nitrogen and oxygen atoms in total. The third kappa shape index (κ3) is 4.51. The van der Waals surface area contributed by atoms with Crippen molar-refractivity contribution in [1.29, 1.82) is 0 Å². The van der Waals surface area contributed by atoms with Gasteiger partial charge in [0.15, 0.2) is 6.10 Å². The highest BCUT2D eigenvalue weighted by Gasteiger charge is 2.32. The molecule has 0 aromatic heterocycles. The number of hydrogen-bond acceptors (Lipinski definition) is 2. The Kier molecular flexibility index (Phi) is 4.22. The summed E-state index contributed by atoms with van der Waals surface area (Å²) in [6.07, 6.45) is 0.360. The van der Waals surface area contributed by atoms with Crippen molar-refractivity contribution in [2.45, 2.75) is 16.8 Å². The molecule has 0 saturated carbocycles. The van der Waals surface area contributed by atoms with E-state index < -0.39 is 15.9 Å². The predicted molar refractivity (Wildman–Crippen MR) is 46.0 cm³/mol. The molecule has 1 unspecified atom stereocenters. The molecule has 0 spiro atoms. The van der Waals surface area contributed by atoms with Gasteiger partial charge in [-0.3, -0.25) is 4.79 Å². The van der Waals surface area contributed by atoms with E-state index in [1.807, 2.05) is 0 Å². The van der Waals surface area contributed by atoms with E-state index in [4.69, 9.17) is 34.8 Å². The lowest BCUT2D eigenvalue weighted by atomic mass is 10.4. The van der Waals surface area contributed by atoms with E-state index in [0.717, 1.165) is 0 Å². The van der Waals surface area contributed by atoms with E-state index in [1.54, 1.807) is 0 Å². The van der Waals surface area contributed by atoms with Crippen molar-refractivity contribution >= 4 is 40.8 Å². The summed E-state index contributed by atoms with van der Waals surface area (Å²) >= 11 is 16.3. The van der Waals surface area contributed by atoms with Crippen LogP contribution in [0.25, 0.3) is 0 Å². The number of alkyl halides is 3. The van der Waals surface area contributed by atoms with Crippen LogP contribution >= 0.6 is 34.8 Å². The summed E-state index contributed by atoms with van der Waals surface area (Å²) in [6.45, 7) is 4.58. The smallest absolute Gasteiger partial charge is 0.303 e. The number of rotatable bonds is 2. The third-order valence-corrected chi connectivity index (χ3v) is 1.47. The maximum atomic E-state index is 10.4. The first-order valence-electron chi connectivity index (χ1n) is 2.74. The van der Waals surface area contributed by atoms with Crippen LogP contribution in [0.5, 0.6) is 0 Å². The van der Waals surface area contributed by atoms with Crippen LogP contribution in [0.4, 0.5) is 0 Å². The fraction of sp³-hybridized carbons (Fsp3) is 0.500. The Labute approximate surface area is 80.1 Å². The monoisotopic (exact) mass is 216 g/mol. The van der Waals surface area contributed by atoms with Crippen molar-refractivity contribution in [3.63, 3.8) is 0 Å². The molecule has 0 aromatic carbocycles. The van der Waals surface area contributed by atoms with Gasteiger partial charge in [0.1, 0.15) is 0 Å². The van der Waals surface area contributed by atoms with Crippen LogP contribution in [0.15, 0.2) is 12.7 Å². The number of ether oxygens (including phenoxy) is 1. The molecule has 0 bridgehead atoms. The molecular weight excluding hydrogens is 210 g/mol. The first-order chi connectivity index (χ1) is 4.88. The lowest BCUT2D eigenvalue weighted by Gasteiger charge is -2.19. The molecule has 0 radical (unpaired) electrons. The Morgan fingerprint density at radius 1 is 1.64 bits per heavy atom. The van der Waals surface area contributed by atoms with E-state index in [1.165, 1.54) is 13.0 Å². The second-order valence-electron chi connectivity index (χ2n) is 1.81. The van der Waals surface area contributed by atoms with Gasteiger partial charge in [-0.05, 0) is 6.08 Å². The van der Waals surface area contributed by atoms with Crippen molar-refractivity contribution < 1.29 is 9.53 Å². The summed E-state index contributed by atoms with van der Waals surface area (Å²) < 4.78 is 2.97. The van der Waals surface area contributed by atoms with Crippen LogP contribution < -0.4 is 0 Å². The summed E-state index contributed by atoms with van der Waals surface area (Å²) in [4.78, 5) is 10.4. The largest absolute Gasteiger partial charge is 0.454 e. The summed E-state index contributed by atoms with van der Waals surface area (Å²) in [5.74, 6) is -0.513. The highest BCUT2D eigenvalue weighted by Crippen LogP contribution is 2.32. The first kappa shape index (κ1) is 11.1. The van der Waals surface area contributed by atoms with Gasteiger partial charge < -0.3 is 4.74 Å². The zero-order valence-electron chi connectivity index (χ0n) is 5.81. The minimum Gasteiger partial charge on any atom is -0.454 e. The van der Waals surface area contributed by atoms with Crippen molar-refractivity contribution in [1.82, 2.24) is 0 Å². The van der Waals surface area contributed by atoms with Crippen LogP contribution in [-0.4, -0.2) is 15.9 Å². The maximum Gasteiger partial charge on any atom is 0.303 e. The van der Waals surface area contributed by atoms with Crippen LogP contribution in [-0.2, 0) is 9.53 Å². The number of esters is 1. The molecule has 1 atom stereocenters. The number of hydrogen-bond donors (Lipinski definition) is 0. The van der Waals surface area contributed by atoms with Gasteiger partial charge in [0.2, 0.25) is 3.79 Å². The number of carbonyl (C=O) groups is 1. The molecule has 0 rings (SSSR count). The van der Waals surface area contributed by atoms with Gasteiger partial charge in [-0.25, -0.2) is 0 Å². The van der Waals surface area contributed by atoms with Gasteiger partial charge >= 0.3 is 5.97 Å². The van der Waals surface area contributed by atoms with Crippen molar-refractivity contribution in [2.75, 3.05) is 0 Å². The van der Waals surface area contributed by atoms with Crippen molar-refractivity contribution in [2.24, 2.45) is 0 Å². The van der Waals surface area contributed by atoms with Gasteiger partial charge in [-0.15, -0.1) is 0 Å². The van der Waals surface area contributed by atoms with E-state index in [-0.39, 0.29) is 0 Å². The fourth-order valence-corrected chi connectivity index (χ4v) is 0.828. The van der Waals surface area contributed by atoms with Gasteiger partial charge in [0, 0.05) is 6.92 Å². The molecule has 0 heterocycles. The fourth-order valence-electron chi connectivity index (χ4n) is 0.427. The average Bonchev–Trinajstić information content (AvgIpc) is 1.79. The SMILES string of the molecule is C=CC(OC(C)=O)C(Cl)(Cl)Cl. The van der Waals surface area contributed by atoms with Gasteiger partial charge in [0.25, 0.3) is 0 Å². The molecule has 0 aliphatic heterocycles. The summed E-state index contributed by atoms with van der Waals surface area (Å²) in [7, 11) is 0. The molecule has 5 heteroatoms. The Bertz CT molecular complexity index is 162. The summed E-state index contributed by atoms with van der Waals surface area (Å²) in [6, 6.07) is 0. The predicted octanol–water partition coefficient (Wildman–Crippen LogP) is 2.47. The quantitative estimate of drug-likeness (QED) is 0.403. The molecule has 0 aromatic rings. The second-order valence-corrected chi connectivity index (χ2v) is 4.18. The van der Waals surface area contributed by atoms with Crippen molar-refractivity contribution in [3.05, 3.63) is 12.7 Å². The molecule has 64 valence electrons. The Balaban J connectivity index is 4.18. The zero-order chi connectivity index (χ0) is 9.07. The normalized spacial score (nSPS) is 13.8. The second kappa shape index (κ2) is 4.19. The van der Waals surface area contributed by atoms with Crippen molar-refractivity contribution in [3.8, 4) is 0 Å². The van der Waals surface area contributed by atoms with E-state index in [2.05, 4.69) is 11.3 Å². The molecule has 11 heavy (non-hydrogen) atoms. The van der Waals surface area contributed by atoms with Crippen LogP contribution in [0.2, 0.25) is 0 Å². The Hall–Kier alpha value is 0.0800. The number of carbonyl (C=O) groups excluding carboxylic acids is 1. The lowest BCUT2D eigenvalue weighted by Crippen LogP contribution is -2.28. The van der Waals surface area contributed by atoms with E-state index in [0.29, 0.717) is 0 Å². The minimum atomic E-state index is -1.65. The molecule has 0 saturated heterocycles. The van der Waals surface area contributed by atoms with Crippen LogP contribution in [0.1, 0.15) is 6.92 Å². The standard InChI is InChI=1S/C6H7Cl3O2/c1-3-5(6(7,8)9)11-4(2)10/h3,5H,1H2,2H3. The summed E-state index contributed by atoms with van der Waals surface area (Å²) in [5, 5.41) is 0. The van der Waals surface area contributed by atoms with E-state index in [9.17, 15) is 4.79 Å². The average molecular weight is 217 g/mol. The van der Waals surface area contributed by atoms with E-state index >= 15 is 0 Å². The minimum absolute atomic E-state index is 0.513. The summed E-state index contributed by atoms with van der Waals surface area (Å²) in [5.41, 5.74) is 0. The van der Waals surface area contributed by atoms with Crippen LogP contribution in [0.3, 0.4) is 0 Å². The molecular formula is C6H7Cl3O2. The number of halogens is 3. The van der Waals surface area contributed by atoms with Gasteiger partial charge in [-0.1, -0.05) is 41.4 Å². The van der Waals surface area contributed by atoms with Gasteiger partial charge in [0.05, 0.1) is 0 Å². The zero-order valence-corrected chi connectivity index (χ0v) is 8.08. The highest BCUT2D eigenvalue weighted by atomic mass is 35.6.